The fourth-order valence-corrected chi connectivity index (χ4v) is 3.49. The lowest BCUT2D eigenvalue weighted by molar-refractivity contribution is 0.372. The highest BCUT2D eigenvalue weighted by Gasteiger charge is 2.39. The second-order valence-electron chi connectivity index (χ2n) is 5.04. The van der Waals surface area contributed by atoms with Crippen LogP contribution in [0.2, 0.25) is 0 Å². The molecule has 1 aliphatic heterocycles. The van der Waals surface area contributed by atoms with Gasteiger partial charge in [0.25, 0.3) is 0 Å². The van der Waals surface area contributed by atoms with Crippen molar-refractivity contribution >= 4 is 20.4 Å². The molecule has 2 N–H and O–H groups in total. The summed E-state index contributed by atoms with van der Waals surface area (Å²) < 4.78 is 1.30. The zero-order valence-electron chi connectivity index (χ0n) is 9.80. The van der Waals surface area contributed by atoms with Gasteiger partial charge in [0.1, 0.15) is 0 Å². The highest BCUT2D eigenvalue weighted by atomic mass is 79.9. The Morgan fingerprint density at radius 1 is 1.18 bits per heavy atom. The summed E-state index contributed by atoms with van der Waals surface area (Å²) in [4.78, 5) is 0. The van der Waals surface area contributed by atoms with Crippen molar-refractivity contribution in [2.75, 3.05) is 6.54 Å². The largest absolute Gasteiger partial charge is 0.257 e. The molecule has 2 fully saturated rings. The molecule has 0 aromatic heterocycles. The van der Waals surface area contributed by atoms with Crippen molar-refractivity contribution < 1.29 is 0 Å². The normalized spacial score (nSPS) is 31.1. The summed E-state index contributed by atoms with van der Waals surface area (Å²) in [6.45, 7) is 1.09. The van der Waals surface area contributed by atoms with Crippen molar-refractivity contribution in [3.05, 3.63) is 41.5 Å². The zero-order chi connectivity index (χ0) is 11.7. The predicted octanol–water partition coefficient (Wildman–Crippen LogP) is 3.21. The summed E-state index contributed by atoms with van der Waals surface area (Å²) in [5.74, 6) is 0. The number of hydrogen-bond acceptors (Lipinski definition) is 2. The first-order valence-electron chi connectivity index (χ1n) is 6.22. The summed E-state index contributed by atoms with van der Waals surface area (Å²) >= 11 is 3.77. The van der Waals surface area contributed by atoms with Crippen LogP contribution in [0.4, 0.5) is 0 Å². The summed E-state index contributed by atoms with van der Waals surface area (Å²) in [6, 6.07) is 10.6. The molecule has 1 heterocycles. The van der Waals surface area contributed by atoms with E-state index in [1.807, 2.05) is 0 Å². The van der Waals surface area contributed by atoms with E-state index >= 15 is 0 Å². The molecule has 3 heteroatoms. The average Bonchev–Trinajstić information content (AvgIpc) is 3.01. The second kappa shape index (κ2) is 4.56. The number of hydrazine groups is 1. The number of hydrogen-bond donors (Lipinski definition) is 2. The number of rotatable bonds is 1. The monoisotopic (exact) mass is 292 g/mol. The molecule has 1 spiro atoms. The van der Waals surface area contributed by atoms with E-state index in [1.165, 1.54) is 29.3 Å². The Morgan fingerprint density at radius 3 is 2.71 bits per heavy atom. The van der Waals surface area contributed by atoms with Crippen LogP contribution in [0.3, 0.4) is 0 Å². The van der Waals surface area contributed by atoms with Gasteiger partial charge in [-0.25, -0.2) is 0 Å². The van der Waals surface area contributed by atoms with Gasteiger partial charge in [-0.05, 0) is 31.2 Å². The molecule has 17 heavy (non-hydrogen) atoms. The van der Waals surface area contributed by atoms with E-state index in [1.54, 1.807) is 5.57 Å². The smallest absolute Gasteiger partial charge is 0.0376 e. The van der Waals surface area contributed by atoms with Crippen molar-refractivity contribution in [3.8, 4) is 0 Å². The van der Waals surface area contributed by atoms with Gasteiger partial charge in [0.05, 0.1) is 0 Å². The van der Waals surface area contributed by atoms with E-state index in [0.717, 1.165) is 13.0 Å². The molecular weight excluding hydrogens is 276 g/mol. The predicted molar refractivity (Wildman–Crippen MR) is 74.6 cm³/mol. The first-order chi connectivity index (χ1) is 8.29. The quantitative estimate of drug-likeness (QED) is 0.831. The Morgan fingerprint density at radius 2 is 2.00 bits per heavy atom. The van der Waals surface area contributed by atoms with Crippen LogP contribution < -0.4 is 10.9 Å². The molecule has 1 aliphatic carbocycles. The SMILES string of the molecule is BrC(=C1CCC2(CCNN2)C1)c1ccccc1. The first-order valence-corrected chi connectivity index (χ1v) is 7.01. The molecule has 1 atom stereocenters. The highest BCUT2D eigenvalue weighted by Crippen LogP contribution is 2.42. The van der Waals surface area contributed by atoms with Crippen LogP contribution in [0, 0.1) is 0 Å². The molecule has 1 aromatic carbocycles. The highest BCUT2D eigenvalue weighted by molar-refractivity contribution is 9.15. The maximum atomic E-state index is 3.77. The lowest BCUT2D eigenvalue weighted by Crippen LogP contribution is -2.41. The average molecular weight is 293 g/mol. The zero-order valence-corrected chi connectivity index (χ0v) is 11.4. The van der Waals surface area contributed by atoms with Crippen LogP contribution in [-0.2, 0) is 0 Å². The van der Waals surface area contributed by atoms with E-state index in [0.29, 0.717) is 5.54 Å². The van der Waals surface area contributed by atoms with E-state index in [9.17, 15) is 0 Å². The summed E-state index contributed by atoms with van der Waals surface area (Å²) in [6.07, 6.45) is 4.85. The summed E-state index contributed by atoms with van der Waals surface area (Å²) in [5.41, 5.74) is 9.90. The summed E-state index contributed by atoms with van der Waals surface area (Å²) in [7, 11) is 0. The standard InChI is InChI=1S/C14H17BrN2/c15-13(11-4-2-1-3-5-11)12-6-7-14(10-12)8-9-16-17-14/h1-5,16-17H,6-10H2. The molecule has 0 bridgehead atoms. The molecular formula is C14H17BrN2. The van der Waals surface area contributed by atoms with Gasteiger partial charge in [0.15, 0.2) is 0 Å². The second-order valence-corrected chi connectivity index (χ2v) is 5.84. The third-order valence-electron chi connectivity index (χ3n) is 3.88. The van der Waals surface area contributed by atoms with Crippen molar-refractivity contribution in [1.82, 2.24) is 10.9 Å². The topological polar surface area (TPSA) is 24.1 Å². The van der Waals surface area contributed by atoms with Crippen LogP contribution in [-0.4, -0.2) is 12.1 Å². The number of halogens is 1. The molecule has 1 saturated carbocycles. The Hall–Kier alpha value is -0.640. The lowest BCUT2D eigenvalue weighted by atomic mass is 9.95. The van der Waals surface area contributed by atoms with E-state index in [4.69, 9.17) is 0 Å². The van der Waals surface area contributed by atoms with Gasteiger partial charge >= 0.3 is 0 Å². The van der Waals surface area contributed by atoms with E-state index in [2.05, 4.69) is 57.1 Å². The maximum Gasteiger partial charge on any atom is 0.0376 e. The molecule has 1 saturated heterocycles. The van der Waals surface area contributed by atoms with Crippen molar-refractivity contribution in [3.63, 3.8) is 0 Å². The molecule has 0 amide bonds. The third kappa shape index (κ3) is 2.19. The van der Waals surface area contributed by atoms with Crippen molar-refractivity contribution in [1.29, 1.82) is 0 Å². The molecule has 2 nitrogen and oxygen atoms in total. The van der Waals surface area contributed by atoms with Crippen LogP contribution >= 0.6 is 15.9 Å². The van der Waals surface area contributed by atoms with E-state index in [-0.39, 0.29) is 0 Å². The van der Waals surface area contributed by atoms with Crippen molar-refractivity contribution in [2.45, 2.75) is 31.2 Å². The Labute approximate surface area is 111 Å². The molecule has 1 aromatic rings. The van der Waals surface area contributed by atoms with E-state index < -0.39 is 0 Å². The van der Waals surface area contributed by atoms with Crippen molar-refractivity contribution in [2.24, 2.45) is 0 Å². The molecule has 3 rings (SSSR count). The minimum absolute atomic E-state index is 0.323. The van der Waals surface area contributed by atoms with Crippen LogP contribution in [0.1, 0.15) is 31.2 Å². The Balaban J connectivity index is 1.85. The maximum absolute atomic E-state index is 3.77. The van der Waals surface area contributed by atoms with Gasteiger partial charge in [-0.2, -0.15) is 0 Å². The minimum atomic E-state index is 0.323. The molecule has 2 aliphatic rings. The molecule has 90 valence electrons. The van der Waals surface area contributed by atoms with Gasteiger partial charge in [-0.1, -0.05) is 51.8 Å². The minimum Gasteiger partial charge on any atom is -0.257 e. The number of benzene rings is 1. The fraction of sp³-hybridized carbons (Fsp3) is 0.429. The first kappa shape index (κ1) is 11.5. The van der Waals surface area contributed by atoms with Crippen LogP contribution in [0.15, 0.2) is 35.9 Å². The fourth-order valence-electron chi connectivity index (χ4n) is 2.89. The van der Waals surface area contributed by atoms with Crippen LogP contribution in [0.25, 0.3) is 4.48 Å². The Kier molecular flexibility index (Phi) is 3.07. The van der Waals surface area contributed by atoms with Gasteiger partial charge in [-0.3, -0.25) is 10.9 Å². The Bertz CT molecular complexity index is 433. The van der Waals surface area contributed by atoms with Gasteiger partial charge in [0.2, 0.25) is 0 Å². The van der Waals surface area contributed by atoms with Gasteiger partial charge in [0, 0.05) is 16.6 Å². The molecule has 0 radical (unpaired) electrons. The lowest BCUT2D eigenvalue weighted by Gasteiger charge is -2.21. The third-order valence-corrected chi connectivity index (χ3v) is 4.90. The van der Waals surface area contributed by atoms with Gasteiger partial charge < -0.3 is 0 Å². The number of nitrogens with one attached hydrogen (secondary N) is 2. The molecule has 1 unspecified atom stereocenters. The van der Waals surface area contributed by atoms with Gasteiger partial charge in [-0.15, -0.1) is 0 Å². The summed E-state index contributed by atoms with van der Waals surface area (Å²) in [5, 5.41) is 0. The van der Waals surface area contributed by atoms with Crippen LogP contribution in [0.5, 0.6) is 0 Å².